The predicted molar refractivity (Wildman–Crippen MR) is 172 cm³/mol. The molecule has 2 aromatic heterocycles. The van der Waals surface area contributed by atoms with Crippen LogP contribution in [0, 0.1) is 0 Å². The number of carbonyl (C=O) groups is 2. The first-order chi connectivity index (χ1) is 22.8. The van der Waals surface area contributed by atoms with Gasteiger partial charge in [-0.25, -0.2) is 18.4 Å². The second-order valence-electron chi connectivity index (χ2n) is 12.5. The first kappa shape index (κ1) is 32.7. The summed E-state index contributed by atoms with van der Waals surface area (Å²) in [5.41, 5.74) is 0.889. The number of piperazine rings is 1. The fourth-order valence-corrected chi connectivity index (χ4v) is 9.21. The van der Waals surface area contributed by atoms with Crippen LogP contribution in [0.1, 0.15) is 39.6 Å². The van der Waals surface area contributed by atoms with Crippen LogP contribution in [-0.4, -0.2) is 111 Å². The number of amides is 2. The number of hydrogen-bond acceptors (Lipinski definition) is 11. The molecule has 3 aromatic rings. The highest BCUT2D eigenvalue weighted by atomic mass is 32.2. The van der Waals surface area contributed by atoms with Crippen LogP contribution in [0.25, 0.3) is 10.6 Å². The van der Waals surface area contributed by atoms with Crippen LogP contribution in [0.4, 0.5) is 30.5 Å². The average Bonchev–Trinajstić information content (AvgIpc) is 3.78. The number of sulfone groups is 1. The summed E-state index contributed by atoms with van der Waals surface area (Å²) in [5.74, 6) is -0.809. The number of aromatic nitrogens is 2. The fraction of sp³-hybridized carbons (Fsp3) is 0.484. The van der Waals surface area contributed by atoms with Crippen molar-refractivity contribution in [2.45, 2.75) is 41.9 Å². The van der Waals surface area contributed by atoms with Gasteiger partial charge in [0.25, 0.3) is 5.91 Å². The number of benzene rings is 1. The molecule has 5 heterocycles. The molecule has 3 fully saturated rings. The molecule has 256 valence electrons. The molecule has 0 unspecified atom stereocenters. The lowest BCUT2D eigenvalue weighted by Gasteiger charge is -2.39. The summed E-state index contributed by atoms with van der Waals surface area (Å²) in [6.07, 6.45) is -2.26. The molecule has 12 nitrogen and oxygen atoms in total. The average molecular weight is 706 g/mol. The molecule has 1 aromatic carbocycles. The van der Waals surface area contributed by atoms with Gasteiger partial charge in [0.2, 0.25) is 11.9 Å². The summed E-state index contributed by atoms with van der Waals surface area (Å²) < 4.78 is 74.4. The van der Waals surface area contributed by atoms with Gasteiger partial charge in [-0.05, 0) is 55.6 Å². The van der Waals surface area contributed by atoms with Gasteiger partial charge in [0.05, 0.1) is 40.5 Å². The third kappa shape index (κ3) is 6.12. The number of hydrogen-bond donors (Lipinski definition) is 2. The highest BCUT2D eigenvalue weighted by Gasteiger charge is 2.41. The molecular formula is C31H34F3N7O5S2. The SMILES string of the molecule is CNC(=O)[C@@H]1CN(c2ccc(Nc3ncc(C(F)(F)F)c(-c4cc5c(s4)C(=O)N(C4COC4)CCS5(=O)=O)n3)c(C3CC3)c2)CCN1C. The number of rotatable bonds is 7. The number of carbonyl (C=O) groups excluding carboxylic acids is 2. The summed E-state index contributed by atoms with van der Waals surface area (Å²) >= 11 is 0.686. The zero-order valence-corrected chi connectivity index (χ0v) is 27.8. The van der Waals surface area contributed by atoms with Gasteiger partial charge >= 0.3 is 6.18 Å². The van der Waals surface area contributed by atoms with Gasteiger partial charge < -0.3 is 25.2 Å². The molecule has 1 atom stereocenters. The van der Waals surface area contributed by atoms with E-state index < -0.39 is 33.2 Å². The third-order valence-electron chi connectivity index (χ3n) is 9.34. The number of fused-ring (bicyclic) bond motifs is 1. The number of thiophene rings is 1. The van der Waals surface area contributed by atoms with E-state index in [1.807, 2.05) is 30.1 Å². The summed E-state index contributed by atoms with van der Waals surface area (Å²) in [7, 11) is -0.420. The number of likely N-dealkylation sites (N-methyl/N-ethyl adjacent to an activating group) is 2. The maximum atomic E-state index is 14.3. The molecule has 0 bridgehead atoms. The summed E-state index contributed by atoms with van der Waals surface area (Å²) in [6.45, 7) is 2.45. The number of halogens is 3. The Kier molecular flexibility index (Phi) is 8.36. The molecule has 1 aliphatic carbocycles. The van der Waals surface area contributed by atoms with Crippen molar-refractivity contribution in [3.05, 3.63) is 46.5 Å². The van der Waals surface area contributed by atoms with Crippen molar-refractivity contribution in [3.8, 4) is 10.6 Å². The van der Waals surface area contributed by atoms with Crippen molar-refractivity contribution in [3.63, 3.8) is 0 Å². The molecule has 7 rings (SSSR count). The summed E-state index contributed by atoms with van der Waals surface area (Å²) in [5, 5.41) is 5.83. The Morgan fingerprint density at radius 2 is 1.90 bits per heavy atom. The molecule has 2 saturated heterocycles. The minimum absolute atomic E-state index is 0.0210. The van der Waals surface area contributed by atoms with E-state index in [2.05, 4.69) is 25.5 Å². The number of nitrogens with zero attached hydrogens (tertiary/aromatic N) is 5. The number of anilines is 3. The molecule has 3 aliphatic heterocycles. The van der Waals surface area contributed by atoms with Crippen LogP contribution in [0.5, 0.6) is 0 Å². The standard InChI is InChI=1S/C31H34F3N7O5S2/c1-35-28(42)23-14-40(8-7-39(23)2)18-5-6-22(20(11-18)17-3-4-17)37-30-36-13-21(31(32,33)34)26(38-30)24-12-25-27(47-24)29(43)41(19-15-46-16-19)9-10-48(25,44)45/h5-6,11-13,17,19,23H,3-4,7-10,14-16H2,1-2H3,(H,35,42)(H,36,37,38)/t23-/m0/s1. The lowest BCUT2D eigenvalue weighted by Crippen LogP contribution is -2.57. The Hall–Kier alpha value is -3.80. The monoisotopic (exact) mass is 705 g/mol. The van der Waals surface area contributed by atoms with Crippen LogP contribution in [-0.2, 0) is 25.5 Å². The van der Waals surface area contributed by atoms with Crippen molar-refractivity contribution >= 4 is 50.3 Å². The fourth-order valence-electron chi connectivity index (χ4n) is 6.29. The first-order valence-electron chi connectivity index (χ1n) is 15.6. The van der Waals surface area contributed by atoms with E-state index in [1.165, 1.54) is 4.90 Å². The van der Waals surface area contributed by atoms with Gasteiger partial charge in [-0.1, -0.05) is 0 Å². The van der Waals surface area contributed by atoms with E-state index in [4.69, 9.17) is 4.74 Å². The molecule has 0 spiro atoms. The van der Waals surface area contributed by atoms with Crippen LogP contribution >= 0.6 is 11.3 Å². The van der Waals surface area contributed by atoms with Gasteiger partial charge in [0.15, 0.2) is 9.84 Å². The van der Waals surface area contributed by atoms with E-state index in [0.717, 1.165) is 36.7 Å². The molecule has 17 heteroatoms. The van der Waals surface area contributed by atoms with Gasteiger partial charge in [-0.3, -0.25) is 14.5 Å². The van der Waals surface area contributed by atoms with Crippen LogP contribution in [0.2, 0.25) is 0 Å². The summed E-state index contributed by atoms with van der Waals surface area (Å²) in [4.78, 5) is 39.3. The van der Waals surface area contributed by atoms with Crippen LogP contribution < -0.4 is 15.5 Å². The predicted octanol–water partition coefficient (Wildman–Crippen LogP) is 3.34. The Labute approximate surface area is 279 Å². The Balaban J connectivity index is 1.22. The van der Waals surface area contributed by atoms with Crippen molar-refractivity contribution in [2.75, 3.05) is 69.5 Å². The minimum Gasteiger partial charge on any atom is -0.377 e. The van der Waals surface area contributed by atoms with Gasteiger partial charge in [0.1, 0.15) is 16.5 Å². The lowest BCUT2D eigenvalue weighted by atomic mass is 10.0. The van der Waals surface area contributed by atoms with E-state index in [1.54, 1.807) is 7.05 Å². The van der Waals surface area contributed by atoms with Crippen molar-refractivity contribution in [1.29, 1.82) is 0 Å². The highest BCUT2D eigenvalue weighted by Crippen LogP contribution is 2.46. The molecule has 0 radical (unpaired) electrons. The van der Waals surface area contributed by atoms with Crippen molar-refractivity contribution in [2.24, 2.45) is 0 Å². The molecule has 1 saturated carbocycles. The second-order valence-corrected chi connectivity index (χ2v) is 15.6. The normalized spacial score (nSPS) is 21.8. The Morgan fingerprint density at radius 1 is 1.12 bits per heavy atom. The molecule has 2 amide bonds. The van der Waals surface area contributed by atoms with Crippen molar-refractivity contribution in [1.82, 2.24) is 25.1 Å². The maximum Gasteiger partial charge on any atom is 0.420 e. The minimum atomic E-state index is -4.84. The summed E-state index contributed by atoms with van der Waals surface area (Å²) in [6, 6.07) is 6.32. The van der Waals surface area contributed by atoms with Gasteiger partial charge in [0, 0.05) is 50.8 Å². The molecule has 48 heavy (non-hydrogen) atoms. The quantitative estimate of drug-likeness (QED) is 0.377. The van der Waals surface area contributed by atoms with Gasteiger partial charge in [-0.2, -0.15) is 13.2 Å². The molecular weight excluding hydrogens is 672 g/mol. The largest absolute Gasteiger partial charge is 0.420 e. The second kappa shape index (κ2) is 12.3. The zero-order chi connectivity index (χ0) is 34.0. The first-order valence-corrected chi connectivity index (χ1v) is 18.1. The number of ether oxygens (including phenoxy) is 1. The van der Waals surface area contributed by atoms with Crippen molar-refractivity contribution < 1.29 is 35.9 Å². The molecule has 4 aliphatic rings. The van der Waals surface area contributed by atoms with Crippen LogP contribution in [0.15, 0.2) is 35.4 Å². The van der Waals surface area contributed by atoms with Crippen LogP contribution in [0.3, 0.4) is 0 Å². The zero-order valence-electron chi connectivity index (χ0n) is 26.2. The van der Waals surface area contributed by atoms with E-state index in [9.17, 15) is 31.2 Å². The topological polar surface area (TPSA) is 137 Å². The van der Waals surface area contributed by atoms with E-state index in [-0.39, 0.29) is 70.0 Å². The lowest BCUT2D eigenvalue weighted by molar-refractivity contribution is -0.137. The third-order valence-corrected chi connectivity index (χ3v) is 12.3. The smallest absolute Gasteiger partial charge is 0.377 e. The van der Waals surface area contributed by atoms with Gasteiger partial charge in [-0.15, -0.1) is 11.3 Å². The van der Waals surface area contributed by atoms with E-state index in [0.29, 0.717) is 36.3 Å². The molecule has 2 N–H and O–H groups in total. The van der Waals surface area contributed by atoms with E-state index >= 15 is 0 Å². The number of alkyl halides is 3. The Bertz CT molecular complexity index is 1880. The Morgan fingerprint density at radius 3 is 2.56 bits per heavy atom. The number of nitrogens with one attached hydrogen (secondary N) is 2. The maximum absolute atomic E-state index is 14.3. The highest BCUT2D eigenvalue weighted by molar-refractivity contribution is 7.91.